The molecule has 0 saturated heterocycles. The van der Waals surface area contributed by atoms with Gasteiger partial charge in [0.25, 0.3) is 0 Å². The van der Waals surface area contributed by atoms with Crippen molar-refractivity contribution in [1.29, 1.82) is 0 Å². The Morgan fingerprint density at radius 3 is 2.31 bits per heavy atom. The van der Waals surface area contributed by atoms with Gasteiger partial charge in [0.2, 0.25) is 6.04 Å². The third-order valence-electron chi connectivity index (χ3n) is 2.53. The van der Waals surface area contributed by atoms with Crippen LogP contribution in [0.5, 0.6) is 0 Å². The summed E-state index contributed by atoms with van der Waals surface area (Å²) >= 11 is 0. The highest BCUT2D eigenvalue weighted by Crippen LogP contribution is 2.13. The first kappa shape index (κ1) is 12.4. The van der Waals surface area contributed by atoms with E-state index in [0.717, 1.165) is 0 Å². The first-order valence-corrected chi connectivity index (χ1v) is 5.24. The number of ketones is 1. The van der Waals surface area contributed by atoms with Crippen LogP contribution in [0, 0.1) is 16.0 Å². The Hall–Kier alpha value is -1.71. The molecular weight excluding hydrogens is 206 g/mol. The third kappa shape index (κ3) is 3.15. The number of nitro groups is 1. The minimum atomic E-state index is -0.798. The number of benzene rings is 1. The highest BCUT2D eigenvalue weighted by Gasteiger charge is 2.27. The first-order valence-electron chi connectivity index (χ1n) is 5.24. The molecule has 0 aliphatic heterocycles. The lowest BCUT2D eigenvalue weighted by molar-refractivity contribution is -0.529. The van der Waals surface area contributed by atoms with Crippen LogP contribution in [-0.2, 0) is 0 Å². The van der Waals surface area contributed by atoms with Gasteiger partial charge in [0.15, 0.2) is 5.78 Å². The topological polar surface area (TPSA) is 60.2 Å². The number of rotatable bonds is 5. The van der Waals surface area contributed by atoms with Crippen molar-refractivity contribution in [2.24, 2.45) is 5.92 Å². The van der Waals surface area contributed by atoms with Crippen molar-refractivity contribution in [3.05, 3.63) is 46.0 Å². The second-order valence-corrected chi connectivity index (χ2v) is 4.09. The predicted molar refractivity (Wildman–Crippen MR) is 61.0 cm³/mol. The van der Waals surface area contributed by atoms with Crippen molar-refractivity contribution in [2.45, 2.75) is 26.3 Å². The van der Waals surface area contributed by atoms with Crippen LogP contribution in [0.1, 0.15) is 30.6 Å². The number of Topliss-reactive ketones (excluding diaryl/α,β-unsaturated/α-hetero) is 1. The Bertz CT molecular complexity index is 373. The first-order chi connectivity index (χ1) is 7.52. The van der Waals surface area contributed by atoms with Crippen LogP contribution in [0.4, 0.5) is 0 Å². The molecule has 16 heavy (non-hydrogen) atoms. The van der Waals surface area contributed by atoms with Gasteiger partial charge < -0.3 is 0 Å². The zero-order valence-corrected chi connectivity index (χ0v) is 9.42. The molecule has 0 heterocycles. The number of nitrogens with zero attached hydrogens (tertiary/aromatic N) is 1. The molecule has 0 unspecified atom stereocenters. The van der Waals surface area contributed by atoms with Gasteiger partial charge in [-0.15, -0.1) is 0 Å². The summed E-state index contributed by atoms with van der Waals surface area (Å²) in [6.45, 7) is 3.51. The van der Waals surface area contributed by atoms with Gasteiger partial charge in [0.1, 0.15) is 0 Å². The molecule has 0 N–H and O–H groups in total. The van der Waals surface area contributed by atoms with Gasteiger partial charge in [-0.1, -0.05) is 44.2 Å². The van der Waals surface area contributed by atoms with E-state index >= 15 is 0 Å². The molecule has 0 bridgehead atoms. The predicted octanol–water partition coefficient (Wildman–Crippen LogP) is 2.56. The van der Waals surface area contributed by atoms with Crippen molar-refractivity contribution < 1.29 is 9.72 Å². The van der Waals surface area contributed by atoms with E-state index in [4.69, 9.17) is 0 Å². The summed E-state index contributed by atoms with van der Waals surface area (Å²) < 4.78 is 0. The van der Waals surface area contributed by atoms with Gasteiger partial charge in [0, 0.05) is 16.4 Å². The van der Waals surface area contributed by atoms with Crippen molar-refractivity contribution in [3.63, 3.8) is 0 Å². The smallest absolute Gasteiger partial charge is 0.222 e. The number of carbonyl (C=O) groups excluding carboxylic acids is 1. The van der Waals surface area contributed by atoms with Gasteiger partial charge >= 0.3 is 0 Å². The van der Waals surface area contributed by atoms with Gasteiger partial charge in [-0.25, -0.2) is 0 Å². The number of hydrogen-bond acceptors (Lipinski definition) is 3. The Labute approximate surface area is 94.4 Å². The van der Waals surface area contributed by atoms with Gasteiger partial charge in [0.05, 0.1) is 6.42 Å². The fourth-order valence-corrected chi connectivity index (χ4v) is 1.49. The monoisotopic (exact) mass is 221 g/mol. The minimum absolute atomic E-state index is 0.0331. The summed E-state index contributed by atoms with van der Waals surface area (Å²) in [5.41, 5.74) is 0.537. The van der Waals surface area contributed by atoms with E-state index in [1.165, 1.54) is 0 Å². The Morgan fingerprint density at radius 1 is 1.31 bits per heavy atom. The largest absolute Gasteiger partial charge is 0.294 e. The van der Waals surface area contributed by atoms with E-state index < -0.39 is 6.04 Å². The normalized spacial score (nSPS) is 12.4. The van der Waals surface area contributed by atoms with Crippen LogP contribution in [0.3, 0.4) is 0 Å². The summed E-state index contributed by atoms with van der Waals surface area (Å²) in [5, 5.41) is 10.8. The highest BCUT2D eigenvalue weighted by molar-refractivity contribution is 5.96. The van der Waals surface area contributed by atoms with Crippen LogP contribution in [0.15, 0.2) is 30.3 Å². The molecule has 0 saturated carbocycles. The molecule has 0 aliphatic carbocycles. The molecule has 1 rings (SSSR count). The van der Waals surface area contributed by atoms with Crippen LogP contribution in [0.2, 0.25) is 0 Å². The fourth-order valence-electron chi connectivity index (χ4n) is 1.49. The molecule has 0 amide bonds. The van der Waals surface area contributed by atoms with E-state index in [1.807, 2.05) is 6.07 Å². The highest BCUT2D eigenvalue weighted by atomic mass is 16.6. The standard InChI is InChI=1S/C12H15NO3/c1-9(2)11(13(15)16)8-12(14)10-6-4-3-5-7-10/h3-7,9,11H,8H2,1-2H3/t11-/m1/s1. The maximum atomic E-state index is 11.8. The zero-order chi connectivity index (χ0) is 12.1. The molecular formula is C12H15NO3. The van der Waals surface area contributed by atoms with Crippen molar-refractivity contribution >= 4 is 5.78 Å². The lowest BCUT2D eigenvalue weighted by atomic mass is 9.96. The molecule has 4 nitrogen and oxygen atoms in total. The summed E-state index contributed by atoms with van der Waals surface area (Å²) in [5.74, 6) is -0.307. The van der Waals surface area contributed by atoms with Crippen molar-refractivity contribution in [3.8, 4) is 0 Å². The minimum Gasteiger partial charge on any atom is -0.294 e. The van der Waals surface area contributed by atoms with Gasteiger partial charge in [-0.2, -0.15) is 0 Å². The van der Waals surface area contributed by atoms with E-state index in [9.17, 15) is 14.9 Å². The molecule has 0 spiro atoms. The van der Waals surface area contributed by atoms with Crippen LogP contribution < -0.4 is 0 Å². The molecule has 0 aromatic heterocycles. The third-order valence-corrected chi connectivity index (χ3v) is 2.53. The van der Waals surface area contributed by atoms with Crippen LogP contribution >= 0.6 is 0 Å². The molecule has 1 aromatic rings. The van der Waals surface area contributed by atoms with Gasteiger partial charge in [-0.3, -0.25) is 14.9 Å². The molecule has 4 heteroatoms. The van der Waals surface area contributed by atoms with E-state index in [-0.39, 0.29) is 23.0 Å². The van der Waals surface area contributed by atoms with Crippen LogP contribution in [0.25, 0.3) is 0 Å². The SMILES string of the molecule is CC(C)[C@@H](CC(=O)c1ccccc1)[N+](=O)[O-]. The van der Waals surface area contributed by atoms with Crippen molar-refractivity contribution in [1.82, 2.24) is 0 Å². The molecule has 1 atom stereocenters. The summed E-state index contributed by atoms with van der Waals surface area (Å²) in [6.07, 6.45) is -0.0331. The average Bonchev–Trinajstić information content (AvgIpc) is 2.25. The maximum absolute atomic E-state index is 11.8. The Kier molecular flexibility index (Phi) is 4.17. The maximum Gasteiger partial charge on any atom is 0.222 e. The Balaban J connectivity index is 2.74. The average molecular weight is 221 g/mol. The van der Waals surface area contributed by atoms with Gasteiger partial charge in [-0.05, 0) is 0 Å². The van der Waals surface area contributed by atoms with Crippen LogP contribution in [-0.4, -0.2) is 16.7 Å². The lowest BCUT2D eigenvalue weighted by Crippen LogP contribution is -2.28. The Morgan fingerprint density at radius 2 is 1.88 bits per heavy atom. The number of hydrogen-bond donors (Lipinski definition) is 0. The number of carbonyl (C=O) groups is 1. The second kappa shape index (κ2) is 5.39. The van der Waals surface area contributed by atoms with E-state index in [1.54, 1.807) is 38.1 Å². The van der Waals surface area contributed by atoms with Crippen molar-refractivity contribution in [2.75, 3.05) is 0 Å². The summed E-state index contributed by atoms with van der Waals surface area (Å²) in [4.78, 5) is 22.2. The molecule has 0 aliphatic rings. The summed E-state index contributed by atoms with van der Waals surface area (Å²) in [7, 11) is 0. The summed E-state index contributed by atoms with van der Waals surface area (Å²) in [6, 6.07) is 7.88. The molecule has 86 valence electrons. The second-order valence-electron chi connectivity index (χ2n) is 4.09. The molecule has 0 radical (unpaired) electrons. The lowest BCUT2D eigenvalue weighted by Gasteiger charge is -2.11. The molecule has 0 fully saturated rings. The van der Waals surface area contributed by atoms with E-state index in [2.05, 4.69) is 0 Å². The quantitative estimate of drug-likeness (QED) is 0.436. The molecule has 1 aromatic carbocycles. The zero-order valence-electron chi connectivity index (χ0n) is 9.42. The van der Waals surface area contributed by atoms with E-state index in [0.29, 0.717) is 5.56 Å². The fraction of sp³-hybridized carbons (Fsp3) is 0.417.